The van der Waals surface area contributed by atoms with Gasteiger partial charge in [-0.2, -0.15) is 0 Å². The van der Waals surface area contributed by atoms with Crippen LogP contribution in [-0.2, 0) is 17.0 Å². The van der Waals surface area contributed by atoms with Crippen molar-refractivity contribution in [2.45, 2.75) is 12.2 Å². The van der Waals surface area contributed by atoms with Crippen molar-refractivity contribution < 1.29 is 9.18 Å². The topological polar surface area (TPSA) is 42.0 Å². The van der Waals surface area contributed by atoms with Crippen LogP contribution in [0.2, 0.25) is 0 Å². The van der Waals surface area contributed by atoms with Gasteiger partial charge in [-0.3, -0.25) is 4.79 Å². The fourth-order valence-electron chi connectivity index (χ4n) is 2.25. The summed E-state index contributed by atoms with van der Waals surface area (Å²) in [7, 11) is 0. The number of carbonyl (C=O) groups excluding carboxylic acids is 1. The molecule has 1 N–H and O–H groups in total. The minimum Gasteiger partial charge on any atom is -0.301 e. The fraction of sp³-hybridized carbons (Fsp3) is 0.158. The third-order valence-electron chi connectivity index (χ3n) is 3.51. The lowest BCUT2D eigenvalue weighted by molar-refractivity contribution is -0.113. The summed E-state index contributed by atoms with van der Waals surface area (Å²) in [4.78, 5) is 17.4. The van der Waals surface area contributed by atoms with Crippen LogP contribution in [0.5, 0.6) is 0 Å². The molecule has 3 aromatic rings. The second-order valence-electron chi connectivity index (χ2n) is 5.60. The molecule has 0 aliphatic carbocycles. The van der Waals surface area contributed by atoms with Gasteiger partial charge in [0, 0.05) is 27.7 Å². The van der Waals surface area contributed by atoms with Crippen LogP contribution in [0.4, 0.5) is 9.52 Å². The number of halogens is 2. The highest BCUT2D eigenvalue weighted by molar-refractivity contribution is 9.10. The number of aromatic nitrogens is 1. The second-order valence-corrected chi connectivity index (χ2v) is 8.62. The van der Waals surface area contributed by atoms with Gasteiger partial charge in [-0.25, -0.2) is 9.37 Å². The Bertz CT molecular complexity index is 866. The van der Waals surface area contributed by atoms with Crippen LogP contribution in [0.25, 0.3) is 0 Å². The van der Waals surface area contributed by atoms with Gasteiger partial charge in [-0.1, -0.05) is 40.2 Å². The molecule has 0 bridgehead atoms. The minimum absolute atomic E-state index is 0.0818. The number of anilines is 1. The zero-order valence-corrected chi connectivity index (χ0v) is 17.0. The molecular weight excluding hydrogens is 435 g/mol. The highest BCUT2D eigenvalue weighted by Crippen LogP contribution is 2.22. The lowest BCUT2D eigenvalue weighted by atomic mass is 10.1. The molecule has 26 heavy (non-hydrogen) atoms. The van der Waals surface area contributed by atoms with E-state index in [-0.39, 0.29) is 11.7 Å². The molecule has 1 amide bonds. The molecule has 0 saturated carbocycles. The third kappa shape index (κ3) is 5.93. The Morgan fingerprint density at radius 3 is 2.54 bits per heavy atom. The van der Waals surface area contributed by atoms with Crippen molar-refractivity contribution in [3.8, 4) is 0 Å². The molecule has 1 aromatic heterocycles. The normalized spacial score (nSPS) is 10.7. The number of nitrogens with one attached hydrogen (secondary N) is 1. The lowest BCUT2D eigenvalue weighted by Gasteiger charge is -2.02. The summed E-state index contributed by atoms with van der Waals surface area (Å²) in [5, 5.41) is 3.45. The minimum atomic E-state index is -0.251. The van der Waals surface area contributed by atoms with Crippen molar-refractivity contribution in [3.05, 3.63) is 81.0 Å². The monoisotopic (exact) mass is 450 g/mol. The van der Waals surface area contributed by atoms with Crippen LogP contribution >= 0.6 is 39.0 Å². The Labute approximate surface area is 168 Å². The highest BCUT2D eigenvalue weighted by Gasteiger charge is 2.08. The average Bonchev–Trinajstić information content (AvgIpc) is 3.05. The van der Waals surface area contributed by atoms with Gasteiger partial charge in [-0.15, -0.1) is 23.1 Å². The van der Waals surface area contributed by atoms with Crippen LogP contribution in [-0.4, -0.2) is 16.6 Å². The van der Waals surface area contributed by atoms with Gasteiger partial charge >= 0.3 is 0 Å². The standard InChI is InChI=1S/C19H16BrFN2OS2/c20-15-5-1-13(2-6-15)9-17-10-22-19(26-17)23-18(24)12-25-11-14-3-7-16(21)8-4-14/h1-8,10H,9,11-12H2,(H,22,23,24). The molecule has 0 unspecified atom stereocenters. The predicted octanol–water partition coefficient (Wildman–Crippen LogP) is 5.51. The van der Waals surface area contributed by atoms with E-state index < -0.39 is 0 Å². The van der Waals surface area contributed by atoms with Gasteiger partial charge in [0.25, 0.3) is 0 Å². The maximum atomic E-state index is 12.9. The number of benzene rings is 2. The molecule has 7 heteroatoms. The maximum absolute atomic E-state index is 12.9. The number of thiazole rings is 1. The number of hydrogen-bond acceptors (Lipinski definition) is 4. The number of rotatable bonds is 7. The first-order chi connectivity index (χ1) is 12.6. The number of carbonyl (C=O) groups is 1. The number of amides is 1. The number of hydrogen-bond donors (Lipinski definition) is 1. The van der Waals surface area contributed by atoms with E-state index in [0.29, 0.717) is 16.6 Å². The molecule has 0 aliphatic heterocycles. The van der Waals surface area contributed by atoms with Crippen LogP contribution in [0.3, 0.4) is 0 Å². The number of thioether (sulfide) groups is 1. The van der Waals surface area contributed by atoms with Gasteiger partial charge in [0.2, 0.25) is 5.91 Å². The van der Waals surface area contributed by atoms with Crippen LogP contribution in [0.1, 0.15) is 16.0 Å². The van der Waals surface area contributed by atoms with E-state index in [1.54, 1.807) is 18.3 Å². The zero-order chi connectivity index (χ0) is 18.4. The molecule has 0 saturated heterocycles. The molecule has 0 fully saturated rings. The Balaban J connectivity index is 1.45. The molecule has 2 aromatic carbocycles. The van der Waals surface area contributed by atoms with Gasteiger partial charge in [0.1, 0.15) is 5.82 Å². The van der Waals surface area contributed by atoms with Crippen molar-refractivity contribution >= 4 is 50.1 Å². The third-order valence-corrected chi connectivity index (χ3v) is 5.95. The summed E-state index contributed by atoms with van der Waals surface area (Å²) in [5.74, 6) is 0.667. The average molecular weight is 451 g/mol. The van der Waals surface area contributed by atoms with Crippen molar-refractivity contribution in [1.82, 2.24) is 4.98 Å². The molecule has 0 spiro atoms. The van der Waals surface area contributed by atoms with Crippen molar-refractivity contribution in [2.75, 3.05) is 11.1 Å². The van der Waals surface area contributed by atoms with E-state index in [9.17, 15) is 9.18 Å². The number of nitrogens with zero attached hydrogens (tertiary/aromatic N) is 1. The summed E-state index contributed by atoms with van der Waals surface area (Å²) < 4.78 is 13.9. The summed E-state index contributed by atoms with van der Waals surface area (Å²) in [5.41, 5.74) is 2.19. The van der Waals surface area contributed by atoms with Crippen LogP contribution in [0, 0.1) is 5.82 Å². The first-order valence-electron chi connectivity index (χ1n) is 7.90. The smallest absolute Gasteiger partial charge is 0.236 e. The molecule has 0 radical (unpaired) electrons. The Hall–Kier alpha value is -1.70. The molecule has 3 nitrogen and oxygen atoms in total. The molecule has 0 aliphatic rings. The second kappa shape index (κ2) is 9.30. The molecule has 3 rings (SSSR count). The Morgan fingerprint density at radius 2 is 1.81 bits per heavy atom. The van der Waals surface area contributed by atoms with E-state index in [1.165, 1.54) is 40.8 Å². The predicted molar refractivity (Wildman–Crippen MR) is 110 cm³/mol. The molecular formula is C19H16BrFN2OS2. The van der Waals surface area contributed by atoms with E-state index in [1.807, 2.05) is 12.1 Å². The van der Waals surface area contributed by atoms with E-state index in [4.69, 9.17) is 0 Å². The van der Waals surface area contributed by atoms with Gasteiger partial charge in [-0.05, 0) is 35.4 Å². The van der Waals surface area contributed by atoms with Crippen molar-refractivity contribution in [3.63, 3.8) is 0 Å². The summed E-state index contributed by atoms with van der Waals surface area (Å²) >= 11 is 6.40. The maximum Gasteiger partial charge on any atom is 0.236 e. The quantitative estimate of drug-likeness (QED) is 0.515. The molecule has 1 heterocycles. The largest absolute Gasteiger partial charge is 0.301 e. The summed E-state index contributed by atoms with van der Waals surface area (Å²) in [6.07, 6.45) is 2.59. The zero-order valence-electron chi connectivity index (χ0n) is 13.7. The van der Waals surface area contributed by atoms with Gasteiger partial charge < -0.3 is 5.32 Å². The van der Waals surface area contributed by atoms with Crippen molar-refractivity contribution in [2.24, 2.45) is 0 Å². The van der Waals surface area contributed by atoms with E-state index in [0.717, 1.165) is 21.3 Å². The first kappa shape index (κ1) is 19.1. The summed E-state index contributed by atoms with van der Waals surface area (Å²) in [6, 6.07) is 14.5. The van der Waals surface area contributed by atoms with Crippen LogP contribution < -0.4 is 5.32 Å². The highest BCUT2D eigenvalue weighted by atomic mass is 79.9. The summed E-state index contributed by atoms with van der Waals surface area (Å²) in [6.45, 7) is 0. The fourth-order valence-corrected chi connectivity index (χ4v) is 4.16. The molecule has 0 atom stereocenters. The first-order valence-corrected chi connectivity index (χ1v) is 10.7. The van der Waals surface area contributed by atoms with Gasteiger partial charge in [0.15, 0.2) is 5.13 Å². The van der Waals surface area contributed by atoms with E-state index >= 15 is 0 Å². The Kier molecular flexibility index (Phi) is 6.82. The van der Waals surface area contributed by atoms with Gasteiger partial charge in [0.05, 0.1) is 5.75 Å². The van der Waals surface area contributed by atoms with Crippen molar-refractivity contribution in [1.29, 1.82) is 0 Å². The molecule has 134 valence electrons. The SMILES string of the molecule is O=C(CSCc1ccc(F)cc1)Nc1ncc(Cc2ccc(Br)cc2)s1. The van der Waals surface area contributed by atoms with Crippen LogP contribution in [0.15, 0.2) is 59.2 Å². The van der Waals surface area contributed by atoms with E-state index in [2.05, 4.69) is 38.4 Å². The Morgan fingerprint density at radius 1 is 1.12 bits per heavy atom. The lowest BCUT2D eigenvalue weighted by Crippen LogP contribution is -2.13.